The molecule has 0 spiro atoms. The van der Waals surface area contributed by atoms with Gasteiger partial charge in [0.1, 0.15) is 5.82 Å². The SMILES string of the molecule is O=C(NCc1cccnc1)Nc1ccc(-n2cc(-c3nccn3CCN3CCCC3)c3ccccc32)cc1. The van der Waals surface area contributed by atoms with Crippen LogP contribution in [-0.4, -0.2) is 49.7 Å². The molecule has 1 fully saturated rings. The van der Waals surface area contributed by atoms with Crippen LogP contribution in [0.15, 0.2) is 91.6 Å². The zero-order valence-corrected chi connectivity index (χ0v) is 21.3. The molecule has 0 radical (unpaired) electrons. The average Bonchev–Trinajstić information content (AvgIpc) is 3.72. The van der Waals surface area contributed by atoms with Gasteiger partial charge >= 0.3 is 6.03 Å². The predicted molar refractivity (Wildman–Crippen MR) is 150 cm³/mol. The Hall–Kier alpha value is -4.43. The molecule has 1 aliphatic heterocycles. The van der Waals surface area contributed by atoms with Crippen molar-refractivity contribution in [1.29, 1.82) is 0 Å². The molecule has 8 nitrogen and oxygen atoms in total. The summed E-state index contributed by atoms with van der Waals surface area (Å²) in [5.74, 6) is 0.989. The maximum Gasteiger partial charge on any atom is 0.319 e. The van der Waals surface area contributed by atoms with E-state index in [4.69, 9.17) is 4.98 Å². The molecule has 0 bridgehead atoms. The van der Waals surface area contributed by atoms with Gasteiger partial charge in [-0.2, -0.15) is 0 Å². The van der Waals surface area contributed by atoms with E-state index in [1.165, 1.54) is 25.9 Å². The van der Waals surface area contributed by atoms with Gasteiger partial charge in [0, 0.05) is 72.9 Å². The number of anilines is 1. The normalized spacial score (nSPS) is 13.7. The molecule has 2 aromatic carbocycles. The van der Waals surface area contributed by atoms with Crippen LogP contribution in [0.2, 0.25) is 0 Å². The summed E-state index contributed by atoms with van der Waals surface area (Å²) in [5, 5.41) is 6.93. The van der Waals surface area contributed by atoms with Crippen molar-refractivity contribution in [2.45, 2.75) is 25.9 Å². The molecule has 0 unspecified atom stereocenters. The molecular weight excluding hydrogens is 474 g/mol. The van der Waals surface area contributed by atoms with E-state index in [-0.39, 0.29) is 6.03 Å². The first kappa shape index (κ1) is 23.9. The van der Waals surface area contributed by atoms with Gasteiger partial charge in [-0.25, -0.2) is 9.78 Å². The third-order valence-electron chi connectivity index (χ3n) is 7.10. The lowest BCUT2D eigenvalue weighted by Gasteiger charge is -2.15. The number of amides is 2. The summed E-state index contributed by atoms with van der Waals surface area (Å²) in [6.07, 6.45) is 12.2. The fourth-order valence-electron chi connectivity index (χ4n) is 5.13. The van der Waals surface area contributed by atoms with Crippen molar-refractivity contribution in [3.63, 3.8) is 0 Å². The summed E-state index contributed by atoms with van der Waals surface area (Å²) < 4.78 is 4.46. The number of carbonyl (C=O) groups is 1. The van der Waals surface area contributed by atoms with Crippen LogP contribution in [0.3, 0.4) is 0 Å². The van der Waals surface area contributed by atoms with Gasteiger partial charge in [0.2, 0.25) is 0 Å². The van der Waals surface area contributed by atoms with E-state index in [1.807, 2.05) is 42.6 Å². The fraction of sp³-hybridized carbons (Fsp3) is 0.233. The van der Waals surface area contributed by atoms with Gasteiger partial charge in [-0.3, -0.25) is 4.98 Å². The molecule has 192 valence electrons. The minimum atomic E-state index is -0.254. The third-order valence-corrected chi connectivity index (χ3v) is 7.10. The Morgan fingerprint density at radius 2 is 1.76 bits per heavy atom. The quantitative estimate of drug-likeness (QED) is 0.300. The monoisotopic (exact) mass is 505 g/mol. The number of para-hydroxylation sites is 1. The topological polar surface area (TPSA) is 80.0 Å². The molecule has 0 atom stereocenters. The van der Waals surface area contributed by atoms with Crippen LogP contribution < -0.4 is 10.6 Å². The number of imidazole rings is 1. The van der Waals surface area contributed by atoms with E-state index < -0.39 is 0 Å². The van der Waals surface area contributed by atoms with Crippen molar-refractivity contribution < 1.29 is 4.79 Å². The maximum atomic E-state index is 12.4. The molecule has 0 saturated carbocycles. The second-order valence-corrected chi connectivity index (χ2v) is 9.64. The summed E-state index contributed by atoms with van der Waals surface area (Å²) in [4.78, 5) is 23.7. The number of rotatable bonds is 8. The van der Waals surface area contributed by atoms with Crippen molar-refractivity contribution in [1.82, 2.24) is 29.3 Å². The average molecular weight is 506 g/mol. The summed E-state index contributed by atoms with van der Waals surface area (Å²) in [6, 6.07) is 19.8. The van der Waals surface area contributed by atoms with E-state index in [9.17, 15) is 4.79 Å². The number of pyridine rings is 1. The Bertz CT molecular complexity index is 1520. The van der Waals surface area contributed by atoms with Gasteiger partial charge in [0.05, 0.1) is 5.52 Å². The number of likely N-dealkylation sites (tertiary alicyclic amines) is 1. The summed E-state index contributed by atoms with van der Waals surface area (Å²) >= 11 is 0. The molecule has 0 aliphatic carbocycles. The zero-order chi connectivity index (χ0) is 25.7. The summed E-state index contributed by atoms with van der Waals surface area (Å²) in [5.41, 5.74) is 4.93. The third kappa shape index (κ3) is 5.17. The standard InChI is InChI=1S/C30H31N7O/c38-30(33-21-23-6-5-13-31-20-23)34-24-9-11-25(12-10-24)37-22-27(26-7-1-2-8-28(26)37)29-32-14-17-36(29)19-18-35-15-3-4-16-35/h1-2,5-14,17,20,22H,3-4,15-16,18-19,21H2,(H2,33,34,38). The van der Waals surface area contributed by atoms with E-state index in [2.05, 4.69) is 66.3 Å². The Balaban J connectivity index is 1.20. The highest BCUT2D eigenvalue weighted by atomic mass is 16.2. The number of nitrogens with one attached hydrogen (secondary N) is 2. The summed E-state index contributed by atoms with van der Waals surface area (Å²) in [7, 11) is 0. The van der Waals surface area contributed by atoms with Gasteiger partial charge < -0.3 is 24.7 Å². The number of nitrogens with zero attached hydrogens (tertiary/aromatic N) is 5. The highest BCUT2D eigenvalue weighted by Crippen LogP contribution is 2.32. The molecule has 3 aromatic heterocycles. The van der Waals surface area contributed by atoms with Crippen molar-refractivity contribution in [3.05, 3.63) is 97.2 Å². The Labute approximate surface area is 221 Å². The first-order valence-electron chi connectivity index (χ1n) is 13.1. The van der Waals surface area contributed by atoms with Crippen molar-refractivity contribution in [3.8, 4) is 17.1 Å². The van der Waals surface area contributed by atoms with E-state index in [0.717, 1.165) is 52.3 Å². The van der Waals surface area contributed by atoms with Crippen LogP contribution >= 0.6 is 0 Å². The van der Waals surface area contributed by atoms with Gasteiger partial charge in [0.15, 0.2) is 0 Å². The second-order valence-electron chi connectivity index (χ2n) is 9.64. The van der Waals surface area contributed by atoms with Gasteiger partial charge in [-0.1, -0.05) is 24.3 Å². The lowest BCUT2D eigenvalue weighted by molar-refractivity contribution is 0.251. The molecule has 2 N–H and O–H groups in total. The molecule has 6 rings (SSSR count). The van der Waals surface area contributed by atoms with E-state index in [0.29, 0.717) is 6.54 Å². The van der Waals surface area contributed by atoms with Gasteiger partial charge in [-0.15, -0.1) is 0 Å². The Morgan fingerprint density at radius 1 is 0.921 bits per heavy atom. The largest absolute Gasteiger partial charge is 0.334 e. The van der Waals surface area contributed by atoms with Crippen molar-refractivity contribution in [2.75, 3.05) is 25.0 Å². The molecule has 2 amide bonds. The number of urea groups is 1. The highest BCUT2D eigenvalue weighted by Gasteiger charge is 2.17. The van der Waals surface area contributed by atoms with Crippen LogP contribution in [0.4, 0.5) is 10.5 Å². The number of hydrogen-bond acceptors (Lipinski definition) is 4. The predicted octanol–water partition coefficient (Wildman–Crippen LogP) is 5.31. The lowest BCUT2D eigenvalue weighted by Crippen LogP contribution is -2.28. The number of carbonyl (C=O) groups excluding carboxylic acids is 1. The smallest absolute Gasteiger partial charge is 0.319 e. The van der Waals surface area contributed by atoms with Crippen LogP contribution in [0, 0.1) is 0 Å². The number of benzene rings is 2. The van der Waals surface area contributed by atoms with Crippen LogP contribution in [0.5, 0.6) is 0 Å². The molecule has 1 aliphatic rings. The summed E-state index contributed by atoms with van der Waals surface area (Å²) in [6.45, 7) is 4.79. The van der Waals surface area contributed by atoms with E-state index in [1.54, 1.807) is 12.4 Å². The first-order chi connectivity index (χ1) is 18.7. The van der Waals surface area contributed by atoms with Crippen LogP contribution in [-0.2, 0) is 13.1 Å². The van der Waals surface area contributed by atoms with Crippen molar-refractivity contribution >= 4 is 22.6 Å². The van der Waals surface area contributed by atoms with Crippen LogP contribution in [0.1, 0.15) is 18.4 Å². The maximum absolute atomic E-state index is 12.4. The Morgan fingerprint density at radius 3 is 2.58 bits per heavy atom. The molecule has 4 heterocycles. The number of aromatic nitrogens is 4. The van der Waals surface area contributed by atoms with Gasteiger partial charge in [-0.05, 0) is 67.9 Å². The fourth-order valence-corrected chi connectivity index (χ4v) is 5.13. The molecule has 5 aromatic rings. The Kier molecular flexibility index (Phi) is 6.87. The lowest BCUT2D eigenvalue weighted by atomic mass is 10.1. The number of hydrogen-bond donors (Lipinski definition) is 2. The van der Waals surface area contributed by atoms with E-state index >= 15 is 0 Å². The number of fused-ring (bicyclic) bond motifs is 1. The zero-order valence-electron chi connectivity index (χ0n) is 21.3. The molecule has 38 heavy (non-hydrogen) atoms. The first-order valence-corrected chi connectivity index (χ1v) is 13.1. The minimum absolute atomic E-state index is 0.254. The second kappa shape index (κ2) is 10.9. The minimum Gasteiger partial charge on any atom is -0.334 e. The molecule has 1 saturated heterocycles. The van der Waals surface area contributed by atoms with Crippen molar-refractivity contribution in [2.24, 2.45) is 0 Å². The van der Waals surface area contributed by atoms with Crippen LogP contribution in [0.25, 0.3) is 28.0 Å². The molecular formula is C30H31N7O. The highest BCUT2D eigenvalue weighted by molar-refractivity contribution is 5.96. The van der Waals surface area contributed by atoms with Gasteiger partial charge in [0.25, 0.3) is 0 Å². The molecule has 8 heteroatoms.